The lowest BCUT2D eigenvalue weighted by Gasteiger charge is -2.17. The lowest BCUT2D eigenvalue weighted by atomic mass is 9.92. The summed E-state index contributed by atoms with van der Waals surface area (Å²) in [5.41, 5.74) is 13.2. The summed E-state index contributed by atoms with van der Waals surface area (Å²) in [4.78, 5) is 14.4. The van der Waals surface area contributed by atoms with E-state index in [-0.39, 0.29) is 34.5 Å². The Balaban J connectivity index is 0.925. The van der Waals surface area contributed by atoms with Crippen LogP contribution in [0, 0.1) is 48.5 Å². The van der Waals surface area contributed by atoms with Gasteiger partial charge < -0.3 is 39.8 Å². The lowest BCUT2D eigenvalue weighted by molar-refractivity contribution is 0.447. The Morgan fingerprint density at radius 3 is 1.93 bits per heavy atom. The zero-order valence-electron chi connectivity index (χ0n) is 40.0. The van der Waals surface area contributed by atoms with Crippen LogP contribution < -0.4 is 0 Å². The van der Waals surface area contributed by atoms with Crippen molar-refractivity contribution in [3.05, 3.63) is 168 Å². The summed E-state index contributed by atoms with van der Waals surface area (Å²) in [6, 6.07) is 19.9. The third kappa shape index (κ3) is 8.35. The van der Waals surface area contributed by atoms with Crippen molar-refractivity contribution in [1.82, 2.24) is 24.1 Å². The summed E-state index contributed by atoms with van der Waals surface area (Å²) >= 11 is 1.65. The molecular formula is C57H55N5O6S. The molecule has 69 heavy (non-hydrogen) atoms. The van der Waals surface area contributed by atoms with Gasteiger partial charge in [0, 0.05) is 83.4 Å². The number of rotatable bonds is 12. The molecule has 9 rings (SSSR count). The van der Waals surface area contributed by atoms with Crippen LogP contribution in [0.2, 0.25) is 0 Å². The summed E-state index contributed by atoms with van der Waals surface area (Å²) in [6.07, 6.45) is 14.7. The number of thiazole rings is 1. The first kappa shape index (κ1) is 46.3. The minimum atomic E-state index is 0.0823. The SMILES string of the molecule is Cc1c(C)c(O)c(/C=C/n2cnc3c(Cc4c(C)c(O)c(C)c(/C=C/Cc5nc6ccc(Cc7c(C)c(O)c(/C=C/Cc8nc9ccccc9s8)c(C)c7O)cc6n5C)c4O)cccc32)c(C)c1O. The van der Waals surface area contributed by atoms with Gasteiger partial charge in [0.1, 0.15) is 40.3 Å². The third-order valence-electron chi connectivity index (χ3n) is 13.9. The van der Waals surface area contributed by atoms with Gasteiger partial charge in [-0.15, -0.1) is 11.3 Å². The molecule has 0 aliphatic rings. The summed E-state index contributed by atoms with van der Waals surface area (Å²) in [5.74, 6) is 1.58. The van der Waals surface area contributed by atoms with E-state index in [1.54, 1.807) is 64.6 Å². The van der Waals surface area contributed by atoms with Gasteiger partial charge in [0.25, 0.3) is 0 Å². The van der Waals surface area contributed by atoms with Crippen LogP contribution in [-0.4, -0.2) is 54.7 Å². The molecule has 3 heterocycles. The van der Waals surface area contributed by atoms with Crippen LogP contribution >= 0.6 is 11.3 Å². The molecular weight excluding hydrogens is 883 g/mol. The van der Waals surface area contributed by atoms with E-state index in [1.807, 2.05) is 103 Å². The van der Waals surface area contributed by atoms with Crippen LogP contribution in [0.1, 0.15) is 88.7 Å². The number of benzene rings is 6. The molecule has 0 unspecified atom stereocenters. The number of aromatic nitrogens is 5. The van der Waals surface area contributed by atoms with Gasteiger partial charge >= 0.3 is 0 Å². The van der Waals surface area contributed by atoms with Crippen molar-refractivity contribution in [3.63, 3.8) is 0 Å². The number of aromatic hydroxyl groups is 6. The Bertz CT molecular complexity index is 3540. The molecule has 0 amide bonds. The molecule has 0 aliphatic heterocycles. The van der Waals surface area contributed by atoms with Gasteiger partial charge in [-0.3, -0.25) is 0 Å². The standard InChI is InChI=1S/C57H55N5O6S/c1-30-31(2)54(65)41(33(4)52(30)63)24-25-62-29-58-51-38(14-11-18-46(51)62)28-43-35(6)53(64)32(3)40(57(43)68)15-12-20-49-59-44-23-22-37(27-47(44)61(49)8)26-42-36(7)55(66)39(34(5)56(42)67)16-13-21-50-60-45-17-9-10-19-48(45)69-50/h9-19,22-25,27,29,63-68H,20-21,26,28H2,1-8H3/b15-12+,16-13+,25-24+. The van der Waals surface area contributed by atoms with Crippen molar-refractivity contribution in [1.29, 1.82) is 0 Å². The molecule has 0 spiro atoms. The number of nitrogens with zero attached hydrogens (tertiary/aromatic N) is 5. The summed E-state index contributed by atoms with van der Waals surface area (Å²) in [6.45, 7) is 12.6. The summed E-state index contributed by atoms with van der Waals surface area (Å²) in [7, 11) is 1.96. The van der Waals surface area contributed by atoms with Crippen molar-refractivity contribution in [2.45, 2.75) is 74.1 Å². The zero-order chi connectivity index (χ0) is 49.0. The van der Waals surface area contributed by atoms with E-state index in [0.717, 1.165) is 54.2 Å². The van der Waals surface area contributed by atoms with Gasteiger partial charge in [-0.05, 0) is 118 Å². The van der Waals surface area contributed by atoms with Crippen molar-refractivity contribution in [2.75, 3.05) is 0 Å². The monoisotopic (exact) mass is 937 g/mol. The zero-order valence-corrected chi connectivity index (χ0v) is 40.8. The molecule has 0 saturated carbocycles. The number of para-hydroxylation sites is 2. The fourth-order valence-corrected chi connectivity index (χ4v) is 10.3. The molecule has 3 aromatic heterocycles. The van der Waals surface area contributed by atoms with E-state index >= 15 is 0 Å². The van der Waals surface area contributed by atoms with Crippen molar-refractivity contribution < 1.29 is 30.6 Å². The van der Waals surface area contributed by atoms with E-state index in [1.165, 1.54) is 0 Å². The maximum absolute atomic E-state index is 11.8. The number of hydrogen-bond acceptors (Lipinski definition) is 10. The molecule has 0 saturated heterocycles. The van der Waals surface area contributed by atoms with E-state index in [4.69, 9.17) is 15.0 Å². The fraction of sp³-hybridized carbons (Fsp3) is 0.211. The predicted molar refractivity (Wildman–Crippen MR) is 279 cm³/mol. The molecule has 0 aliphatic carbocycles. The van der Waals surface area contributed by atoms with Crippen LogP contribution in [0.15, 0.2) is 79.1 Å². The highest BCUT2D eigenvalue weighted by Gasteiger charge is 2.22. The maximum atomic E-state index is 11.8. The second kappa shape index (κ2) is 18.3. The molecule has 11 nitrogen and oxygen atoms in total. The van der Waals surface area contributed by atoms with E-state index in [0.29, 0.717) is 92.4 Å². The Hall–Kier alpha value is -7.83. The van der Waals surface area contributed by atoms with Crippen molar-refractivity contribution >= 4 is 68.0 Å². The first-order valence-electron chi connectivity index (χ1n) is 22.9. The first-order chi connectivity index (χ1) is 33.0. The molecule has 9 aromatic rings. The van der Waals surface area contributed by atoms with Crippen molar-refractivity contribution in [2.24, 2.45) is 7.05 Å². The van der Waals surface area contributed by atoms with Crippen LogP contribution in [0.25, 0.3) is 56.7 Å². The van der Waals surface area contributed by atoms with Crippen LogP contribution in [0.3, 0.4) is 0 Å². The van der Waals surface area contributed by atoms with Gasteiger partial charge in [0.2, 0.25) is 0 Å². The largest absolute Gasteiger partial charge is 0.507 e. The van der Waals surface area contributed by atoms with Crippen molar-refractivity contribution in [3.8, 4) is 34.5 Å². The molecule has 0 atom stereocenters. The second-order valence-electron chi connectivity index (χ2n) is 18.0. The highest BCUT2D eigenvalue weighted by Crippen LogP contribution is 2.42. The topological polar surface area (TPSA) is 170 Å². The highest BCUT2D eigenvalue weighted by atomic mass is 32.1. The summed E-state index contributed by atoms with van der Waals surface area (Å²) < 4.78 is 5.02. The normalized spacial score (nSPS) is 12.2. The Labute approximate surface area is 404 Å². The molecule has 0 fully saturated rings. The van der Waals surface area contributed by atoms with Crippen LogP contribution in [-0.2, 0) is 32.7 Å². The number of fused-ring (bicyclic) bond motifs is 3. The maximum Gasteiger partial charge on any atom is 0.127 e. The predicted octanol–water partition coefficient (Wildman–Crippen LogP) is 12.2. The van der Waals surface area contributed by atoms with Crippen LogP contribution in [0.5, 0.6) is 34.5 Å². The molecule has 0 bridgehead atoms. The number of imidazole rings is 2. The molecule has 350 valence electrons. The van der Waals surface area contributed by atoms with E-state index in [2.05, 4.69) is 12.1 Å². The number of phenols is 6. The summed E-state index contributed by atoms with van der Waals surface area (Å²) in [5, 5.41) is 68.6. The second-order valence-corrected chi connectivity index (χ2v) is 19.1. The highest BCUT2D eigenvalue weighted by molar-refractivity contribution is 7.18. The fourth-order valence-electron chi connectivity index (χ4n) is 9.38. The first-order valence-corrected chi connectivity index (χ1v) is 23.7. The molecule has 6 aromatic carbocycles. The van der Waals surface area contributed by atoms with Gasteiger partial charge in [-0.25, -0.2) is 15.0 Å². The van der Waals surface area contributed by atoms with E-state index < -0.39 is 0 Å². The van der Waals surface area contributed by atoms with E-state index in [9.17, 15) is 30.6 Å². The van der Waals surface area contributed by atoms with Gasteiger partial charge in [-0.1, -0.05) is 54.6 Å². The molecule has 0 radical (unpaired) electrons. The number of phenolic OH excluding ortho intramolecular Hbond substituents is 6. The third-order valence-corrected chi connectivity index (χ3v) is 14.9. The van der Waals surface area contributed by atoms with Gasteiger partial charge in [-0.2, -0.15) is 0 Å². The minimum Gasteiger partial charge on any atom is -0.507 e. The quantitative estimate of drug-likeness (QED) is 0.0653. The smallest absolute Gasteiger partial charge is 0.127 e. The Morgan fingerprint density at radius 1 is 0.551 bits per heavy atom. The Morgan fingerprint density at radius 2 is 1.17 bits per heavy atom. The number of hydrogen-bond donors (Lipinski definition) is 6. The van der Waals surface area contributed by atoms with Crippen LogP contribution in [0.4, 0.5) is 0 Å². The number of aryl methyl sites for hydroxylation is 1. The average Bonchev–Trinajstić information content (AvgIpc) is 4.06. The molecule has 12 heteroatoms. The average molecular weight is 938 g/mol. The van der Waals surface area contributed by atoms with Gasteiger partial charge in [0.15, 0.2) is 0 Å². The minimum absolute atomic E-state index is 0.0823. The Kier molecular flexibility index (Phi) is 12.3. The van der Waals surface area contributed by atoms with Gasteiger partial charge in [0.05, 0.1) is 43.6 Å². The lowest BCUT2D eigenvalue weighted by Crippen LogP contribution is -2.00. The molecule has 6 N–H and O–H groups in total. The number of allylic oxidation sites excluding steroid dienone is 2.